The fourth-order valence-corrected chi connectivity index (χ4v) is 8.55. The normalized spacial score (nSPS) is 12.4. The van der Waals surface area contributed by atoms with Gasteiger partial charge < -0.3 is 14.2 Å². The molecule has 0 rings (SSSR count). The van der Waals surface area contributed by atoms with Crippen LogP contribution in [0, 0.1) is 0 Å². The van der Waals surface area contributed by atoms with Crippen molar-refractivity contribution in [3.05, 3.63) is 60.8 Å². The molecule has 6 heteroatoms. The lowest BCUT2D eigenvalue weighted by Gasteiger charge is -2.18. The van der Waals surface area contributed by atoms with Gasteiger partial charge in [-0.15, -0.1) is 0 Å². The maximum atomic E-state index is 12.9. The molecule has 0 spiro atoms. The Balaban J connectivity index is 4.31. The summed E-state index contributed by atoms with van der Waals surface area (Å²) >= 11 is 0. The molecule has 0 amide bonds. The van der Waals surface area contributed by atoms with Gasteiger partial charge in [0.05, 0.1) is 0 Å². The van der Waals surface area contributed by atoms with Crippen LogP contribution in [0.4, 0.5) is 0 Å². The first-order valence-corrected chi connectivity index (χ1v) is 29.8. The highest BCUT2D eigenvalue weighted by molar-refractivity contribution is 5.71. The lowest BCUT2D eigenvalue weighted by molar-refractivity contribution is -0.167. The SMILES string of the molecule is CC/C=C\C/C=C\C/C=C\C/C=C\CCCCCCCCCCC(=O)OCC(COC(=O)CCCCCCCCCCCCC)OC(=O)CCCCCCCCCCC/C=C\CCCCCCCC. The lowest BCUT2D eigenvalue weighted by atomic mass is 10.1. The quantitative estimate of drug-likeness (QED) is 0.0262. The molecule has 0 aromatic carbocycles. The summed E-state index contributed by atoms with van der Waals surface area (Å²) in [4.78, 5) is 38.2. The first-order valence-electron chi connectivity index (χ1n) is 29.8. The van der Waals surface area contributed by atoms with E-state index in [0.29, 0.717) is 19.3 Å². The second kappa shape index (κ2) is 57.7. The molecule has 0 aromatic heterocycles. The van der Waals surface area contributed by atoms with Crippen molar-refractivity contribution >= 4 is 17.9 Å². The minimum atomic E-state index is -0.776. The number of hydrogen-bond donors (Lipinski definition) is 0. The van der Waals surface area contributed by atoms with Crippen LogP contribution in [0.3, 0.4) is 0 Å². The van der Waals surface area contributed by atoms with Gasteiger partial charge >= 0.3 is 17.9 Å². The molecule has 69 heavy (non-hydrogen) atoms. The van der Waals surface area contributed by atoms with Crippen molar-refractivity contribution in [2.45, 2.75) is 309 Å². The van der Waals surface area contributed by atoms with Crippen molar-refractivity contribution in [1.29, 1.82) is 0 Å². The maximum Gasteiger partial charge on any atom is 0.306 e. The minimum Gasteiger partial charge on any atom is -0.462 e. The number of unbranched alkanes of at least 4 members (excludes halogenated alkanes) is 33. The highest BCUT2D eigenvalue weighted by Crippen LogP contribution is 2.16. The van der Waals surface area contributed by atoms with Crippen molar-refractivity contribution in [2.75, 3.05) is 13.2 Å². The van der Waals surface area contributed by atoms with Crippen molar-refractivity contribution in [1.82, 2.24) is 0 Å². The summed E-state index contributed by atoms with van der Waals surface area (Å²) in [6.45, 7) is 6.54. The van der Waals surface area contributed by atoms with E-state index in [1.54, 1.807) is 0 Å². The van der Waals surface area contributed by atoms with Crippen molar-refractivity contribution < 1.29 is 28.6 Å². The summed E-state index contributed by atoms with van der Waals surface area (Å²) in [6, 6.07) is 0. The van der Waals surface area contributed by atoms with E-state index in [4.69, 9.17) is 14.2 Å². The van der Waals surface area contributed by atoms with E-state index in [1.165, 1.54) is 173 Å². The summed E-state index contributed by atoms with van der Waals surface area (Å²) in [6.07, 6.45) is 72.1. The summed E-state index contributed by atoms with van der Waals surface area (Å²) < 4.78 is 16.9. The third kappa shape index (κ3) is 55.9. The van der Waals surface area contributed by atoms with E-state index in [-0.39, 0.29) is 31.1 Å². The highest BCUT2D eigenvalue weighted by Gasteiger charge is 2.19. The zero-order valence-electron chi connectivity index (χ0n) is 45.8. The lowest BCUT2D eigenvalue weighted by Crippen LogP contribution is -2.30. The minimum absolute atomic E-state index is 0.0746. The Morgan fingerprint density at radius 2 is 0.565 bits per heavy atom. The monoisotopic (exact) mass is 965 g/mol. The van der Waals surface area contributed by atoms with Gasteiger partial charge in [-0.1, -0.05) is 261 Å². The van der Waals surface area contributed by atoms with Crippen molar-refractivity contribution in [3.8, 4) is 0 Å². The van der Waals surface area contributed by atoms with E-state index in [1.807, 2.05) is 0 Å². The number of esters is 3. The topological polar surface area (TPSA) is 78.9 Å². The molecule has 0 saturated carbocycles. The first-order chi connectivity index (χ1) is 34.0. The van der Waals surface area contributed by atoms with Gasteiger partial charge in [-0.2, -0.15) is 0 Å². The number of hydrogen-bond acceptors (Lipinski definition) is 6. The molecule has 0 aliphatic rings. The van der Waals surface area contributed by atoms with Crippen LogP contribution in [0.5, 0.6) is 0 Å². The van der Waals surface area contributed by atoms with Gasteiger partial charge in [-0.25, -0.2) is 0 Å². The zero-order chi connectivity index (χ0) is 50.0. The second-order valence-corrected chi connectivity index (χ2v) is 19.9. The molecular weight excluding hydrogens is 853 g/mol. The molecule has 0 aliphatic heterocycles. The Hall–Kier alpha value is -2.89. The van der Waals surface area contributed by atoms with Gasteiger partial charge in [0, 0.05) is 19.3 Å². The molecule has 0 aliphatic carbocycles. The molecule has 0 saturated heterocycles. The summed E-state index contributed by atoms with van der Waals surface area (Å²) in [5, 5.41) is 0. The van der Waals surface area contributed by atoms with Gasteiger partial charge in [-0.05, 0) is 83.5 Å². The van der Waals surface area contributed by atoms with E-state index < -0.39 is 6.10 Å². The standard InChI is InChI=1S/C63H112O6/c1-4-7-10-13-16-19-22-24-26-28-30-31-33-34-36-38-41-44-47-50-53-56-62(65)68-59-60(58-67-61(64)55-52-49-46-43-40-21-18-15-12-9-6-3)69-63(66)57-54-51-48-45-42-39-37-35-32-29-27-25-23-20-17-14-11-8-5-2/h7,10,16,19,24-27,30-31,60H,4-6,8-9,11-15,17-18,20-23,28-29,32-59H2,1-3H3/b10-7-,19-16-,26-24-,27-25-,31-30-. The Morgan fingerprint density at radius 3 is 0.899 bits per heavy atom. The molecular formula is C63H112O6. The largest absolute Gasteiger partial charge is 0.462 e. The van der Waals surface area contributed by atoms with Crippen LogP contribution in [0.15, 0.2) is 60.8 Å². The average Bonchev–Trinajstić information content (AvgIpc) is 3.35. The maximum absolute atomic E-state index is 12.9. The number of carbonyl (C=O) groups excluding carboxylic acids is 3. The molecule has 400 valence electrons. The predicted octanol–water partition coefficient (Wildman–Crippen LogP) is 20.0. The smallest absolute Gasteiger partial charge is 0.306 e. The fraction of sp³-hybridized carbons (Fsp3) is 0.794. The highest BCUT2D eigenvalue weighted by atomic mass is 16.6. The van der Waals surface area contributed by atoms with Gasteiger partial charge in [0.2, 0.25) is 0 Å². The zero-order valence-corrected chi connectivity index (χ0v) is 45.8. The van der Waals surface area contributed by atoms with Gasteiger partial charge in [0.1, 0.15) is 13.2 Å². The first kappa shape index (κ1) is 66.1. The van der Waals surface area contributed by atoms with Crippen LogP contribution in [0.2, 0.25) is 0 Å². The van der Waals surface area contributed by atoms with Crippen LogP contribution in [0.1, 0.15) is 303 Å². The number of ether oxygens (including phenoxy) is 3. The van der Waals surface area contributed by atoms with E-state index in [2.05, 4.69) is 81.5 Å². The molecule has 0 fully saturated rings. The molecule has 0 bridgehead atoms. The molecule has 0 N–H and O–H groups in total. The Bertz CT molecular complexity index is 1250. The summed E-state index contributed by atoms with van der Waals surface area (Å²) in [5.74, 6) is -0.872. The molecule has 0 heterocycles. The van der Waals surface area contributed by atoms with Gasteiger partial charge in [0.25, 0.3) is 0 Å². The summed E-state index contributed by atoms with van der Waals surface area (Å²) in [7, 11) is 0. The molecule has 1 atom stereocenters. The van der Waals surface area contributed by atoms with E-state index in [9.17, 15) is 14.4 Å². The second-order valence-electron chi connectivity index (χ2n) is 19.9. The molecule has 6 nitrogen and oxygen atoms in total. The van der Waals surface area contributed by atoms with Crippen molar-refractivity contribution in [3.63, 3.8) is 0 Å². The van der Waals surface area contributed by atoms with Crippen LogP contribution in [-0.2, 0) is 28.6 Å². The molecule has 0 aromatic rings. The van der Waals surface area contributed by atoms with Gasteiger partial charge in [-0.3, -0.25) is 14.4 Å². The Morgan fingerprint density at radius 1 is 0.304 bits per heavy atom. The molecule has 1 unspecified atom stereocenters. The molecule has 0 radical (unpaired) electrons. The number of rotatable bonds is 54. The van der Waals surface area contributed by atoms with E-state index in [0.717, 1.165) is 89.9 Å². The fourth-order valence-electron chi connectivity index (χ4n) is 8.55. The third-order valence-corrected chi connectivity index (χ3v) is 13.0. The van der Waals surface area contributed by atoms with Crippen LogP contribution >= 0.6 is 0 Å². The van der Waals surface area contributed by atoms with E-state index >= 15 is 0 Å². The Labute approximate surface area is 428 Å². The Kier molecular flexibility index (Phi) is 55.3. The van der Waals surface area contributed by atoms with Crippen LogP contribution in [0.25, 0.3) is 0 Å². The third-order valence-electron chi connectivity index (χ3n) is 13.0. The summed E-state index contributed by atoms with van der Waals surface area (Å²) in [5.41, 5.74) is 0. The van der Waals surface area contributed by atoms with Gasteiger partial charge in [0.15, 0.2) is 6.10 Å². The number of carbonyl (C=O) groups is 3. The predicted molar refractivity (Wildman–Crippen MR) is 298 cm³/mol. The van der Waals surface area contributed by atoms with Crippen LogP contribution in [-0.4, -0.2) is 37.2 Å². The number of allylic oxidation sites excluding steroid dienone is 10. The van der Waals surface area contributed by atoms with Crippen molar-refractivity contribution in [2.24, 2.45) is 0 Å². The average molecular weight is 966 g/mol. The van der Waals surface area contributed by atoms with Crippen LogP contribution < -0.4 is 0 Å².